The van der Waals surface area contributed by atoms with Crippen LogP contribution in [0.4, 0.5) is 0 Å². The Bertz CT molecular complexity index is 4280. The van der Waals surface area contributed by atoms with Crippen LogP contribution in [0.5, 0.6) is 0 Å². The van der Waals surface area contributed by atoms with Crippen molar-refractivity contribution in [1.82, 2.24) is 24.1 Å². The van der Waals surface area contributed by atoms with E-state index in [2.05, 4.69) is 215 Å². The van der Waals surface area contributed by atoms with E-state index in [4.69, 9.17) is 19.4 Å². The van der Waals surface area contributed by atoms with Crippen LogP contribution in [-0.4, -0.2) is 24.1 Å². The quantitative estimate of drug-likeness (QED) is 0.167. The maximum atomic E-state index is 7.01. The number of aromatic nitrogens is 5. The van der Waals surface area contributed by atoms with Crippen LogP contribution in [0.25, 0.3) is 133 Å². The second-order valence-electron chi connectivity index (χ2n) is 17.1. The molecule has 67 heavy (non-hydrogen) atoms. The molecule has 0 spiro atoms. The zero-order chi connectivity index (χ0) is 44.0. The van der Waals surface area contributed by atoms with E-state index in [0.717, 1.165) is 110 Å². The van der Waals surface area contributed by atoms with E-state index < -0.39 is 0 Å². The van der Waals surface area contributed by atoms with Crippen LogP contribution >= 0.6 is 0 Å². The lowest BCUT2D eigenvalue weighted by molar-refractivity contribution is 0.666. The number of hydrogen-bond acceptors (Lipinski definition) is 4. The van der Waals surface area contributed by atoms with E-state index in [1.165, 1.54) is 5.39 Å². The van der Waals surface area contributed by atoms with Crippen LogP contribution in [0.2, 0.25) is 0 Å². The first kappa shape index (κ1) is 37.3. The molecule has 0 unspecified atom stereocenters. The summed E-state index contributed by atoms with van der Waals surface area (Å²) < 4.78 is 11.7. The lowest BCUT2D eigenvalue weighted by atomic mass is 10.0. The predicted octanol–water partition coefficient (Wildman–Crippen LogP) is 15.8. The fraction of sp³-hybridized carbons (Fsp3) is 0. The summed E-state index contributed by atoms with van der Waals surface area (Å²) >= 11 is 0. The highest BCUT2D eigenvalue weighted by Gasteiger charge is 2.26. The highest BCUT2D eigenvalue weighted by atomic mass is 16.3. The SMILES string of the molecule is c1ccc(-c2cccc(-c3nc(-c4ccc5c(oc6ccccc65)c4-n4c5ccccc5c5cc6ccccc6cc54)nc(-c4cccc5c6ccccc6n(-c6ccccc6)c45)n3)c2)cc1. The van der Waals surface area contributed by atoms with E-state index in [1.54, 1.807) is 0 Å². The van der Waals surface area contributed by atoms with Gasteiger partial charge in [0.2, 0.25) is 0 Å². The van der Waals surface area contributed by atoms with Gasteiger partial charge in [-0.2, -0.15) is 0 Å². The Morgan fingerprint density at radius 3 is 1.72 bits per heavy atom. The summed E-state index contributed by atoms with van der Waals surface area (Å²) in [5, 5.41) is 8.99. The van der Waals surface area contributed by atoms with Crippen molar-refractivity contribution in [1.29, 1.82) is 0 Å². The van der Waals surface area contributed by atoms with Gasteiger partial charge in [0, 0.05) is 54.7 Å². The Kier molecular flexibility index (Phi) is 8.18. The average molecular weight is 856 g/mol. The number of rotatable bonds is 6. The van der Waals surface area contributed by atoms with Gasteiger partial charge < -0.3 is 13.6 Å². The van der Waals surface area contributed by atoms with E-state index >= 15 is 0 Å². The molecular weight excluding hydrogens is 819 g/mol. The molecule has 0 aliphatic heterocycles. The first-order valence-electron chi connectivity index (χ1n) is 22.6. The summed E-state index contributed by atoms with van der Waals surface area (Å²) in [6.07, 6.45) is 0. The van der Waals surface area contributed by atoms with Crippen molar-refractivity contribution >= 4 is 76.3 Å². The molecule has 6 heteroatoms. The third-order valence-electron chi connectivity index (χ3n) is 13.3. The maximum Gasteiger partial charge on any atom is 0.166 e. The standard InChI is InChI=1S/C61H37N5O/c1-3-17-38(18-4-1)39-21-15-22-42(35-39)59-62-60(49-29-16-28-47-44-25-9-12-30-52(44)65(56(47)49)43-23-5-2-6-24-43)64-61(63-59)50-34-33-48-46-27-11-14-32-55(46)67-58(48)57(50)66-53-31-13-10-26-45(53)51-36-40-19-7-8-20-41(40)37-54(51)66/h1-37H. The highest BCUT2D eigenvalue weighted by molar-refractivity contribution is 6.17. The second kappa shape index (κ2) is 14.7. The highest BCUT2D eigenvalue weighted by Crippen LogP contribution is 2.44. The van der Waals surface area contributed by atoms with Gasteiger partial charge in [0.25, 0.3) is 0 Å². The van der Waals surface area contributed by atoms with Gasteiger partial charge in [-0.1, -0.05) is 158 Å². The average Bonchev–Trinajstić information content (AvgIpc) is 4.06. The first-order chi connectivity index (χ1) is 33.2. The van der Waals surface area contributed by atoms with E-state index in [0.29, 0.717) is 17.5 Å². The Morgan fingerprint density at radius 2 is 0.910 bits per heavy atom. The van der Waals surface area contributed by atoms with Crippen molar-refractivity contribution in [3.05, 3.63) is 224 Å². The van der Waals surface area contributed by atoms with Gasteiger partial charge in [-0.3, -0.25) is 0 Å². The number of benzene rings is 10. The molecule has 10 aromatic carbocycles. The number of nitrogens with zero attached hydrogens (tertiary/aromatic N) is 5. The first-order valence-corrected chi connectivity index (χ1v) is 22.6. The minimum atomic E-state index is 0.536. The fourth-order valence-corrected chi connectivity index (χ4v) is 10.3. The third-order valence-corrected chi connectivity index (χ3v) is 13.3. The van der Waals surface area contributed by atoms with Gasteiger partial charge in [-0.25, -0.2) is 15.0 Å². The van der Waals surface area contributed by atoms with Gasteiger partial charge >= 0.3 is 0 Å². The molecule has 312 valence electrons. The topological polar surface area (TPSA) is 61.7 Å². The summed E-state index contributed by atoms with van der Waals surface area (Å²) in [5.41, 5.74) is 12.6. The zero-order valence-corrected chi connectivity index (χ0v) is 36.0. The van der Waals surface area contributed by atoms with E-state index in [1.807, 2.05) is 18.2 Å². The molecule has 14 rings (SSSR count). The van der Waals surface area contributed by atoms with E-state index in [-0.39, 0.29) is 0 Å². The zero-order valence-electron chi connectivity index (χ0n) is 36.0. The molecule has 0 fully saturated rings. The predicted molar refractivity (Wildman–Crippen MR) is 275 cm³/mol. The molecule has 0 saturated heterocycles. The summed E-state index contributed by atoms with van der Waals surface area (Å²) in [6, 6.07) is 79.0. The van der Waals surface area contributed by atoms with Crippen LogP contribution in [0, 0.1) is 0 Å². The van der Waals surface area contributed by atoms with Crippen molar-refractivity contribution in [2.24, 2.45) is 0 Å². The lowest BCUT2D eigenvalue weighted by Crippen LogP contribution is -2.05. The van der Waals surface area contributed by atoms with Crippen LogP contribution in [0.15, 0.2) is 229 Å². The molecule has 0 radical (unpaired) electrons. The molecule has 14 aromatic rings. The molecule has 0 saturated carbocycles. The van der Waals surface area contributed by atoms with Crippen LogP contribution in [-0.2, 0) is 0 Å². The monoisotopic (exact) mass is 855 g/mol. The van der Waals surface area contributed by atoms with Gasteiger partial charge in [0.05, 0.1) is 22.1 Å². The summed E-state index contributed by atoms with van der Waals surface area (Å²) in [6.45, 7) is 0. The minimum absolute atomic E-state index is 0.536. The van der Waals surface area contributed by atoms with E-state index in [9.17, 15) is 0 Å². The summed E-state index contributed by atoms with van der Waals surface area (Å²) in [4.78, 5) is 16.5. The van der Waals surface area contributed by atoms with Gasteiger partial charge in [-0.05, 0) is 88.6 Å². The Morgan fingerprint density at radius 1 is 0.328 bits per heavy atom. The fourth-order valence-electron chi connectivity index (χ4n) is 10.3. The molecule has 4 heterocycles. The van der Waals surface area contributed by atoms with Gasteiger partial charge in [0.15, 0.2) is 23.1 Å². The molecule has 0 aliphatic rings. The molecule has 0 bridgehead atoms. The second-order valence-corrected chi connectivity index (χ2v) is 17.1. The van der Waals surface area contributed by atoms with Crippen molar-refractivity contribution in [2.75, 3.05) is 0 Å². The van der Waals surface area contributed by atoms with Gasteiger partial charge in [0.1, 0.15) is 11.3 Å². The summed E-state index contributed by atoms with van der Waals surface area (Å²) in [5.74, 6) is 1.68. The van der Waals surface area contributed by atoms with Crippen molar-refractivity contribution in [3.8, 4) is 56.7 Å². The smallest absolute Gasteiger partial charge is 0.166 e. The number of hydrogen-bond donors (Lipinski definition) is 0. The van der Waals surface area contributed by atoms with Crippen LogP contribution < -0.4 is 0 Å². The molecule has 4 aromatic heterocycles. The number of furan rings is 1. The van der Waals surface area contributed by atoms with Crippen molar-refractivity contribution in [3.63, 3.8) is 0 Å². The van der Waals surface area contributed by atoms with Crippen molar-refractivity contribution in [2.45, 2.75) is 0 Å². The Balaban J connectivity index is 1.12. The molecule has 0 N–H and O–H groups in total. The molecular formula is C61H37N5O. The Hall–Kier alpha value is -9.13. The van der Waals surface area contributed by atoms with Gasteiger partial charge in [-0.15, -0.1) is 0 Å². The molecule has 0 aliphatic carbocycles. The van der Waals surface area contributed by atoms with Crippen molar-refractivity contribution < 1.29 is 4.42 Å². The summed E-state index contributed by atoms with van der Waals surface area (Å²) in [7, 11) is 0. The molecule has 0 atom stereocenters. The third kappa shape index (κ3) is 5.80. The lowest BCUT2D eigenvalue weighted by Gasteiger charge is -2.16. The molecule has 6 nitrogen and oxygen atoms in total. The number of para-hydroxylation sites is 5. The maximum absolute atomic E-state index is 7.01. The largest absolute Gasteiger partial charge is 0.454 e. The van der Waals surface area contributed by atoms with Crippen LogP contribution in [0.1, 0.15) is 0 Å². The molecule has 0 amide bonds. The minimum Gasteiger partial charge on any atom is -0.454 e. The Labute approximate surface area is 384 Å². The van der Waals surface area contributed by atoms with Crippen LogP contribution in [0.3, 0.4) is 0 Å². The number of fused-ring (bicyclic) bond motifs is 10. The normalized spacial score (nSPS) is 11.9.